The Morgan fingerprint density at radius 1 is 1.35 bits per heavy atom. The number of fused-ring (bicyclic) bond motifs is 1. The molecule has 0 aliphatic heterocycles. The largest absolute Gasteiger partial charge is 0.492 e. The molecule has 0 spiro atoms. The molecular weight excluding hydrogens is 214 g/mol. The summed E-state index contributed by atoms with van der Waals surface area (Å²) in [6, 6.07) is 1.82. The van der Waals surface area contributed by atoms with Crippen molar-refractivity contribution < 1.29 is 9.53 Å². The van der Waals surface area contributed by atoms with Crippen molar-refractivity contribution in [1.82, 2.24) is 4.98 Å². The molecule has 0 saturated heterocycles. The SMILES string of the molecule is CCOc1cncc(C(=O)C2CC3CC3C2)c1. The summed E-state index contributed by atoms with van der Waals surface area (Å²) in [4.78, 5) is 16.4. The quantitative estimate of drug-likeness (QED) is 0.748. The van der Waals surface area contributed by atoms with Crippen LogP contribution >= 0.6 is 0 Å². The zero-order valence-electron chi connectivity index (χ0n) is 10.1. The lowest BCUT2D eigenvalue weighted by atomic mass is 9.94. The average molecular weight is 231 g/mol. The Morgan fingerprint density at radius 3 is 2.82 bits per heavy atom. The summed E-state index contributed by atoms with van der Waals surface area (Å²) in [5.74, 6) is 2.86. The van der Waals surface area contributed by atoms with Crippen LogP contribution in [-0.4, -0.2) is 17.4 Å². The molecule has 2 aliphatic rings. The van der Waals surface area contributed by atoms with Crippen molar-refractivity contribution >= 4 is 5.78 Å². The predicted molar refractivity (Wildman–Crippen MR) is 64.1 cm³/mol. The van der Waals surface area contributed by atoms with E-state index in [0.29, 0.717) is 17.9 Å². The zero-order chi connectivity index (χ0) is 11.8. The Bertz CT molecular complexity index is 434. The molecule has 0 radical (unpaired) electrons. The third-order valence-electron chi connectivity index (χ3n) is 3.92. The molecule has 90 valence electrons. The van der Waals surface area contributed by atoms with Crippen LogP contribution in [0.4, 0.5) is 0 Å². The van der Waals surface area contributed by atoms with Crippen molar-refractivity contribution in [2.75, 3.05) is 6.61 Å². The van der Waals surface area contributed by atoms with Gasteiger partial charge in [0.25, 0.3) is 0 Å². The van der Waals surface area contributed by atoms with Crippen molar-refractivity contribution in [3.8, 4) is 5.75 Å². The first-order chi connectivity index (χ1) is 8.28. The molecule has 2 atom stereocenters. The molecule has 3 nitrogen and oxygen atoms in total. The van der Waals surface area contributed by atoms with Gasteiger partial charge in [0, 0.05) is 17.7 Å². The molecule has 1 aromatic heterocycles. The fraction of sp³-hybridized carbons (Fsp3) is 0.571. The van der Waals surface area contributed by atoms with E-state index in [1.165, 1.54) is 6.42 Å². The van der Waals surface area contributed by atoms with Gasteiger partial charge < -0.3 is 4.74 Å². The van der Waals surface area contributed by atoms with Gasteiger partial charge >= 0.3 is 0 Å². The van der Waals surface area contributed by atoms with E-state index in [0.717, 1.165) is 24.7 Å². The van der Waals surface area contributed by atoms with Gasteiger partial charge in [0.05, 0.1) is 12.8 Å². The van der Waals surface area contributed by atoms with Crippen LogP contribution in [0.15, 0.2) is 18.5 Å². The van der Waals surface area contributed by atoms with Crippen molar-refractivity contribution in [3.05, 3.63) is 24.0 Å². The van der Waals surface area contributed by atoms with Gasteiger partial charge in [-0.3, -0.25) is 9.78 Å². The first-order valence-corrected chi connectivity index (χ1v) is 6.40. The second kappa shape index (κ2) is 4.13. The summed E-state index contributed by atoms with van der Waals surface area (Å²) in [5, 5.41) is 0. The van der Waals surface area contributed by atoms with E-state index in [4.69, 9.17) is 4.74 Å². The molecule has 2 saturated carbocycles. The molecule has 0 aromatic carbocycles. The molecule has 0 bridgehead atoms. The summed E-state index contributed by atoms with van der Waals surface area (Å²) < 4.78 is 5.37. The van der Waals surface area contributed by atoms with Crippen LogP contribution in [-0.2, 0) is 0 Å². The third kappa shape index (κ3) is 2.06. The molecule has 0 N–H and O–H groups in total. The number of hydrogen-bond acceptors (Lipinski definition) is 3. The Hall–Kier alpha value is -1.38. The second-order valence-corrected chi connectivity index (χ2v) is 5.13. The zero-order valence-corrected chi connectivity index (χ0v) is 10.1. The lowest BCUT2D eigenvalue weighted by molar-refractivity contribution is 0.0913. The van der Waals surface area contributed by atoms with Gasteiger partial charge in [-0.15, -0.1) is 0 Å². The number of pyridine rings is 1. The first kappa shape index (κ1) is 10.8. The molecule has 2 fully saturated rings. The fourth-order valence-corrected chi connectivity index (χ4v) is 2.96. The fourth-order valence-electron chi connectivity index (χ4n) is 2.96. The highest BCUT2D eigenvalue weighted by Crippen LogP contribution is 2.54. The van der Waals surface area contributed by atoms with Crippen molar-refractivity contribution in [2.24, 2.45) is 17.8 Å². The maximum absolute atomic E-state index is 12.3. The van der Waals surface area contributed by atoms with E-state index in [2.05, 4.69) is 4.98 Å². The Kier molecular flexibility index (Phi) is 2.61. The summed E-state index contributed by atoms with van der Waals surface area (Å²) in [7, 11) is 0. The van der Waals surface area contributed by atoms with E-state index in [1.807, 2.05) is 13.0 Å². The maximum atomic E-state index is 12.3. The minimum Gasteiger partial charge on any atom is -0.492 e. The van der Waals surface area contributed by atoms with E-state index in [-0.39, 0.29) is 11.7 Å². The molecule has 1 aromatic rings. The number of aromatic nitrogens is 1. The van der Waals surface area contributed by atoms with E-state index in [1.54, 1.807) is 12.4 Å². The van der Waals surface area contributed by atoms with Crippen LogP contribution in [0.2, 0.25) is 0 Å². The van der Waals surface area contributed by atoms with Crippen molar-refractivity contribution in [3.63, 3.8) is 0 Å². The standard InChI is InChI=1S/C14H17NO2/c1-2-17-13-6-12(7-15-8-13)14(16)11-4-9-3-10(9)5-11/h6-11H,2-5H2,1H3. The number of nitrogens with zero attached hydrogens (tertiary/aromatic N) is 1. The average Bonchev–Trinajstić information content (AvgIpc) is 2.96. The number of hydrogen-bond donors (Lipinski definition) is 0. The molecule has 2 aliphatic carbocycles. The Balaban J connectivity index is 1.74. The molecule has 3 heteroatoms. The topological polar surface area (TPSA) is 39.2 Å². The van der Waals surface area contributed by atoms with Gasteiger partial charge in [0.2, 0.25) is 0 Å². The van der Waals surface area contributed by atoms with Gasteiger partial charge in [0.15, 0.2) is 5.78 Å². The molecule has 17 heavy (non-hydrogen) atoms. The summed E-state index contributed by atoms with van der Waals surface area (Å²) in [5.41, 5.74) is 0.710. The number of carbonyl (C=O) groups is 1. The number of ether oxygens (including phenoxy) is 1. The summed E-state index contributed by atoms with van der Waals surface area (Å²) in [6.07, 6.45) is 6.84. The monoisotopic (exact) mass is 231 g/mol. The van der Waals surface area contributed by atoms with Gasteiger partial charge in [-0.25, -0.2) is 0 Å². The molecule has 3 rings (SSSR count). The first-order valence-electron chi connectivity index (χ1n) is 6.40. The lowest BCUT2D eigenvalue weighted by Crippen LogP contribution is -2.13. The highest BCUT2D eigenvalue weighted by Gasteiger charge is 2.48. The van der Waals surface area contributed by atoms with Crippen LogP contribution in [0.3, 0.4) is 0 Å². The molecule has 1 heterocycles. The third-order valence-corrected chi connectivity index (χ3v) is 3.92. The highest BCUT2D eigenvalue weighted by molar-refractivity contribution is 5.98. The van der Waals surface area contributed by atoms with Gasteiger partial charge in [-0.2, -0.15) is 0 Å². The van der Waals surface area contributed by atoms with Crippen LogP contribution in [0.25, 0.3) is 0 Å². The van der Waals surface area contributed by atoms with Crippen molar-refractivity contribution in [1.29, 1.82) is 0 Å². The Labute approximate surface area is 101 Å². The highest BCUT2D eigenvalue weighted by atomic mass is 16.5. The van der Waals surface area contributed by atoms with Gasteiger partial charge in [-0.05, 0) is 44.1 Å². The van der Waals surface area contributed by atoms with Crippen LogP contribution in [0, 0.1) is 17.8 Å². The van der Waals surface area contributed by atoms with Crippen LogP contribution in [0.5, 0.6) is 5.75 Å². The predicted octanol–water partition coefficient (Wildman–Crippen LogP) is 2.71. The number of rotatable bonds is 4. The number of carbonyl (C=O) groups excluding carboxylic acids is 1. The second-order valence-electron chi connectivity index (χ2n) is 5.13. The number of Topliss-reactive ketones (excluding diaryl/α,β-unsaturated/α-hetero) is 1. The number of ketones is 1. The van der Waals surface area contributed by atoms with Crippen molar-refractivity contribution in [2.45, 2.75) is 26.2 Å². The van der Waals surface area contributed by atoms with Gasteiger partial charge in [0.1, 0.15) is 5.75 Å². The van der Waals surface area contributed by atoms with E-state index >= 15 is 0 Å². The normalized spacial score (nSPS) is 29.8. The smallest absolute Gasteiger partial charge is 0.167 e. The van der Waals surface area contributed by atoms with Gasteiger partial charge in [-0.1, -0.05) is 0 Å². The Morgan fingerprint density at radius 2 is 2.12 bits per heavy atom. The molecular formula is C14H17NO2. The van der Waals surface area contributed by atoms with Crippen LogP contribution < -0.4 is 4.74 Å². The molecule has 0 amide bonds. The van der Waals surface area contributed by atoms with E-state index in [9.17, 15) is 4.79 Å². The minimum absolute atomic E-state index is 0.234. The maximum Gasteiger partial charge on any atom is 0.167 e. The van der Waals surface area contributed by atoms with Crippen LogP contribution in [0.1, 0.15) is 36.5 Å². The summed E-state index contributed by atoms with van der Waals surface area (Å²) >= 11 is 0. The molecule has 2 unspecified atom stereocenters. The lowest BCUT2D eigenvalue weighted by Gasteiger charge is -2.11. The van der Waals surface area contributed by atoms with E-state index < -0.39 is 0 Å². The summed E-state index contributed by atoms with van der Waals surface area (Å²) in [6.45, 7) is 2.53. The minimum atomic E-state index is 0.234.